The van der Waals surface area contributed by atoms with Crippen molar-refractivity contribution in [1.29, 1.82) is 0 Å². The normalized spacial score (nSPS) is 29.9. The molecule has 2 fully saturated rings. The Balaban J connectivity index is 1.85. The van der Waals surface area contributed by atoms with E-state index in [9.17, 15) is 0 Å². The molecule has 0 N–H and O–H groups in total. The van der Waals surface area contributed by atoms with Crippen LogP contribution in [0.2, 0.25) is 5.28 Å². The summed E-state index contributed by atoms with van der Waals surface area (Å²) >= 11 is 6.14. The molecule has 0 saturated heterocycles. The molecule has 3 rings (SSSR count). The molecular weight excluding hydrogens is 226 g/mol. The van der Waals surface area contributed by atoms with Gasteiger partial charge in [-0.15, -0.1) is 10.2 Å². The van der Waals surface area contributed by atoms with E-state index >= 15 is 0 Å². The SMILES string of the molecule is COC1CCC(n2c(Cl)nnc2C2CC2)C1. The number of hydrogen-bond acceptors (Lipinski definition) is 3. The zero-order valence-corrected chi connectivity index (χ0v) is 10.2. The molecule has 1 aromatic rings. The number of nitrogens with zero attached hydrogens (tertiary/aromatic N) is 3. The number of ether oxygens (including phenoxy) is 1. The van der Waals surface area contributed by atoms with Crippen molar-refractivity contribution in [3.8, 4) is 0 Å². The molecule has 4 nitrogen and oxygen atoms in total. The molecule has 2 saturated carbocycles. The van der Waals surface area contributed by atoms with E-state index in [4.69, 9.17) is 16.3 Å². The van der Waals surface area contributed by atoms with Crippen LogP contribution in [0.4, 0.5) is 0 Å². The molecule has 5 heteroatoms. The Bertz CT molecular complexity index is 389. The van der Waals surface area contributed by atoms with E-state index in [1.165, 1.54) is 12.8 Å². The first kappa shape index (κ1) is 10.5. The lowest BCUT2D eigenvalue weighted by Crippen LogP contribution is -2.11. The molecule has 2 aliphatic carbocycles. The molecule has 2 atom stereocenters. The number of hydrogen-bond donors (Lipinski definition) is 0. The van der Waals surface area contributed by atoms with Gasteiger partial charge >= 0.3 is 0 Å². The molecule has 0 bridgehead atoms. The van der Waals surface area contributed by atoms with Crippen LogP contribution in [0.3, 0.4) is 0 Å². The Morgan fingerprint density at radius 3 is 2.69 bits per heavy atom. The average Bonchev–Trinajstić information content (AvgIpc) is 2.89. The third kappa shape index (κ3) is 1.74. The maximum absolute atomic E-state index is 6.14. The van der Waals surface area contributed by atoms with Gasteiger partial charge < -0.3 is 4.74 Å². The van der Waals surface area contributed by atoms with Crippen LogP contribution < -0.4 is 0 Å². The van der Waals surface area contributed by atoms with Crippen LogP contribution in [0.5, 0.6) is 0 Å². The molecule has 1 heterocycles. The first-order valence-corrected chi connectivity index (χ1v) is 6.30. The topological polar surface area (TPSA) is 39.9 Å². The molecule has 1 aromatic heterocycles. The van der Waals surface area contributed by atoms with Crippen LogP contribution in [-0.2, 0) is 4.74 Å². The van der Waals surface area contributed by atoms with Gasteiger partial charge in [0, 0.05) is 19.1 Å². The van der Waals surface area contributed by atoms with Crippen molar-refractivity contribution in [1.82, 2.24) is 14.8 Å². The molecule has 2 aliphatic rings. The van der Waals surface area contributed by atoms with Crippen molar-refractivity contribution in [2.24, 2.45) is 0 Å². The van der Waals surface area contributed by atoms with Crippen molar-refractivity contribution >= 4 is 11.6 Å². The van der Waals surface area contributed by atoms with Gasteiger partial charge in [-0.3, -0.25) is 4.57 Å². The number of aromatic nitrogens is 3. The van der Waals surface area contributed by atoms with Gasteiger partial charge in [0.1, 0.15) is 5.82 Å². The van der Waals surface area contributed by atoms with Gasteiger partial charge in [-0.25, -0.2) is 0 Å². The van der Waals surface area contributed by atoms with E-state index in [1.54, 1.807) is 7.11 Å². The van der Waals surface area contributed by atoms with Gasteiger partial charge in [-0.1, -0.05) is 0 Å². The summed E-state index contributed by atoms with van der Waals surface area (Å²) in [6.07, 6.45) is 6.10. The molecule has 2 unspecified atom stereocenters. The number of rotatable bonds is 3. The molecule has 0 aliphatic heterocycles. The van der Waals surface area contributed by atoms with Crippen LogP contribution in [-0.4, -0.2) is 28.0 Å². The van der Waals surface area contributed by atoms with E-state index in [2.05, 4.69) is 14.8 Å². The van der Waals surface area contributed by atoms with Crippen LogP contribution in [0, 0.1) is 0 Å². The minimum atomic E-state index is 0.371. The third-order valence-electron chi connectivity index (χ3n) is 3.68. The Hall–Kier alpha value is -0.610. The van der Waals surface area contributed by atoms with Gasteiger partial charge in [-0.05, 0) is 43.7 Å². The predicted molar refractivity (Wildman–Crippen MR) is 60.7 cm³/mol. The van der Waals surface area contributed by atoms with Crippen LogP contribution >= 0.6 is 11.6 Å². The Morgan fingerprint density at radius 2 is 2.06 bits per heavy atom. The highest BCUT2D eigenvalue weighted by atomic mass is 35.5. The fraction of sp³-hybridized carbons (Fsp3) is 0.818. The van der Waals surface area contributed by atoms with Gasteiger partial charge in [0.05, 0.1) is 6.10 Å². The summed E-state index contributed by atoms with van der Waals surface area (Å²) in [4.78, 5) is 0. The second-order valence-electron chi connectivity index (χ2n) is 4.80. The Labute approximate surface area is 99.9 Å². The summed E-state index contributed by atoms with van der Waals surface area (Å²) in [5.41, 5.74) is 0. The second kappa shape index (κ2) is 4.00. The van der Waals surface area contributed by atoms with Gasteiger partial charge in [0.25, 0.3) is 0 Å². The fourth-order valence-electron chi connectivity index (χ4n) is 2.61. The summed E-state index contributed by atoms with van der Waals surface area (Å²) in [6.45, 7) is 0. The summed E-state index contributed by atoms with van der Waals surface area (Å²) in [6, 6.07) is 0.433. The Kier molecular flexibility index (Phi) is 2.64. The monoisotopic (exact) mass is 241 g/mol. The number of halogens is 1. The van der Waals surface area contributed by atoms with Gasteiger partial charge in [-0.2, -0.15) is 0 Å². The molecule has 0 spiro atoms. The highest BCUT2D eigenvalue weighted by Crippen LogP contribution is 2.43. The summed E-state index contributed by atoms with van der Waals surface area (Å²) in [5.74, 6) is 1.69. The van der Waals surface area contributed by atoms with E-state index in [-0.39, 0.29) is 0 Å². The van der Waals surface area contributed by atoms with Crippen LogP contribution in [0.1, 0.15) is 49.9 Å². The lowest BCUT2D eigenvalue weighted by Gasteiger charge is -2.15. The van der Waals surface area contributed by atoms with Crippen molar-refractivity contribution in [3.05, 3.63) is 11.1 Å². The van der Waals surface area contributed by atoms with Gasteiger partial charge in [0.2, 0.25) is 5.28 Å². The maximum Gasteiger partial charge on any atom is 0.225 e. The lowest BCUT2D eigenvalue weighted by atomic mass is 10.2. The van der Waals surface area contributed by atoms with E-state index in [0.717, 1.165) is 25.1 Å². The van der Waals surface area contributed by atoms with Crippen molar-refractivity contribution in [2.45, 2.75) is 50.2 Å². The molecular formula is C11H16ClN3O. The van der Waals surface area contributed by atoms with Crippen molar-refractivity contribution in [3.63, 3.8) is 0 Å². The first-order chi connectivity index (χ1) is 7.79. The quantitative estimate of drug-likeness (QED) is 0.817. The lowest BCUT2D eigenvalue weighted by molar-refractivity contribution is 0.105. The molecule has 88 valence electrons. The smallest absolute Gasteiger partial charge is 0.225 e. The largest absolute Gasteiger partial charge is 0.381 e. The van der Waals surface area contributed by atoms with E-state index in [0.29, 0.717) is 23.3 Å². The zero-order valence-electron chi connectivity index (χ0n) is 9.40. The van der Waals surface area contributed by atoms with E-state index in [1.807, 2.05) is 0 Å². The van der Waals surface area contributed by atoms with Crippen molar-refractivity contribution < 1.29 is 4.74 Å². The first-order valence-electron chi connectivity index (χ1n) is 5.92. The minimum Gasteiger partial charge on any atom is -0.381 e. The summed E-state index contributed by atoms with van der Waals surface area (Å²) in [7, 11) is 1.78. The molecule has 0 radical (unpaired) electrons. The van der Waals surface area contributed by atoms with Crippen LogP contribution in [0.15, 0.2) is 0 Å². The zero-order chi connectivity index (χ0) is 11.1. The standard InChI is InChI=1S/C11H16ClN3O/c1-16-9-5-4-8(6-9)15-10(7-2-3-7)13-14-11(15)12/h7-9H,2-6H2,1H3. The molecule has 0 aromatic carbocycles. The maximum atomic E-state index is 6.14. The second-order valence-corrected chi connectivity index (χ2v) is 5.13. The fourth-order valence-corrected chi connectivity index (χ4v) is 2.87. The van der Waals surface area contributed by atoms with Gasteiger partial charge in [0.15, 0.2) is 0 Å². The number of methoxy groups -OCH3 is 1. The molecule has 0 amide bonds. The third-order valence-corrected chi connectivity index (χ3v) is 3.94. The highest BCUT2D eigenvalue weighted by Gasteiger charge is 2.35. The Morgan fingerprint density at radius 1 is 1.25 bits per heavy atom. The average molecular weight is 242 g/mol. The predicted octanol–water partition coefficient (Wildman–Crippen LogP) is 2.55. The summed E-state index contributed by atoms with van der Waals surface area (Å²) < 4.78 is 7.54. The summed E-state index contributed by atoms with van der Waals surface area (Å²) in [5, 5.41) is 8.77. The van der Waals surface area contributed by atoms with E-state index < -0.39 is 0 Å². The highest BCUT2D eigenvalue weighted by molar-refractivity contribution is 6.28. The van der Waals surface area contributed by atoms with Crippen molar-refractivity contribution in [2.75, 3.05) is 7.11 Å². The molecule has 16 heavy (non-hydrogen) atoms. The van der Waals surface area contributed by atoms with Crippen LogP contribution in [0.25, 0.3) is 0 Å². The minimum absolute atomic E-state index is 0.371.